The van der Waals surface area contributed by atoms with Gasteiger partial charge in [0.05, 0.1) is 6.42 Å². The molecule has 3 heterocycles. The lowest BCUT2D eigenvalue weighted by Gasteiger charge is -2.41. The van der Waals surface area contributed by atoms with Crippen LogP contribution in [0.25, 0.3) is 11.0 Å². The largest absolute Gasteiger partial charge is 0.356 e. The Bertz CT molecular complexity index is 828. The van der Waals surface area contributed by atoms with Crippen molar-refractivity contribution in [1.82, 2.24) is 26.0 Å². The molecule has 2 amide bonds. The number of aromatic nitrogens is 1. The Morgan fingerprint density at radius 2 is 2.11 bits per heavy atom. The third kappa shape index (κ3) is 4.12. The van der Waals surface area contributed by atoms with Gasteiger partial charge in [-0.1, -0.05) is 17.3 Å². The first-order valence-electron chi connectivity index (χ1n) is 9.50. The van der Waals surface area contributed by atoms with E-state index in [9.17, 15) is 9.59 Å². The molecule has 1 aromatic heterocycles. The Labute approximate surface area is 157 Å². The highest BCUT2D eigenvalue weighted by Gasteiger charge is 2.30. The number of likely N-dealkylation sites (tertiary alicyclic amines) is 1. The zero-order valence-corrected chi connectivity index (χ0v) is 15.4. The molecule has 2 aliphatic rings. The second-order valence-electron chi connectivity index (χ2n) is 7.42. The number of carbonyl (C=O) groups is 2. The first kappa shape index (κ1) is 17.9. The average Bonchev–Trinajstić information content (AvgIpc) is 3.04. The molecule has 8 heteroatoms. The van der Waals surface area contributed by atoms with Gasteiger partial charge in [0.15, 0.2) is 5.58 Å². The van der Waals surface area contributed by atoms with Crippen molar-refractivity contribution in [2.45, 2.75) is 51.0 Å². The van der Waals surface area contributed by atoms with Gasteiger partial charge < -0.3 is 15.2 Å². The number of nitrogens with one attached hydrogen (secondary N) is 3. The van der Waals surface area contributed by atoms with Crippen molar-refractivity contribution in [3.63, 3.8) is 0 Å². The second-order valence-corrected chi connectivity index (χ2v) is 7.42. The van der Waals surface area contributed by atoms with Gasteiger partial charge in [-0.25, -0.2) is 0 Å². The van der Waals surface area contributed by atoms with Crippen LogP contribution < -0.4 is 16.0 Å². The minimum Gasteiger partial charge on any atom is -0.356 e. The van der Waals surface area contributed by atoms with Gasteiger partial charge in [0.1, 0.15) is 12.0 Å². The number of benzene rings is 1. The molecule has 1 aromatic carbocycles. The van der Waals surface area contributed by atoms with Crippen LogP contribution in [0, 0.1) is 0 Å². The minimum absolute atomic E-state index is 0.0368. The van der Waals surface area contributed by atoms with E-state index in [1.54, 1.807) is 0 Å². The summed E-state index contributed by atoms with van der Waals surface area (Å²) < 4.78 is 5.26. The van der Waals surface area contributed by atoms with Crippen molar-refractivity contribution in [1.29, 1.82) is 0 Å². The van der Waals surface area contributed by atoms with Crippen molar-refractivity contribution < 1.29 is 14.1 Å². The Kier molecular flexibility index (Phi) is 5.09. The zero-order valence-electron chi connectivity index (χ0n) is 15.4. The number of hydrogen-bond donors (Lipinski definition) is 3. The van der Waals surface area contributed by atoms with E-state index in [0.717, 1.165) is 31.3 Å². The van der Waals surface area contributed by atoms with Crippen LogP contribution in [0.1, 0.15) is 31.9 Å². The van der Waals surface area contributed by atoms with Crippen LogP contribution >= 0.6 is 0 Å². The van der Waals surface area contributed by atoms with Crippen molar-refractivity contribution in [2.24, 2.45) is 0 Å². The van der Waals surface area contributed by atoms with E-state index in [1.807, 2.05) is 31.2 Å². The number of para-hydroxylation sites is 1. The topological polar surface area (TPSA) is 99.5 Å². The highest BCUT2D eigenvalue weighted by molar-refractivity contribution is 5.86. The number of fused-ring (bicyclic) bond motifs is 1. The number of piperidine rings is 1. The van der Waals surface area contributed by atoms with Gasteiger partial charge >= 0.3 is 0 Å². The third-order valence-corrected chi connectivity index (χ3v) is 5.27. The molecule has 0 saturated carbocycles. The number of rotatable bonds is 4. The van der Waals surface area contributed by atoms with Crippen LogP contribution in [-0.2, 0) is 16.0 Å². The van der Waals surface area contributed by atoms with E-state index in [0.29, 0.717) is 17.7 Å². The Morgan fingerprint density at radius 3 is 2.89 bits per heavy atom. The maximum absolute atomic E-state index is 12.4. The van der Waals surface area contributed by atoms with Gasteiger partial charge in [-0.2, -0.15) is 0 Å². The summed E-state index contributed by atoms with van der Waals surface area (Å²) in [7, 11) is 0. The van der Waals surface area contributed by atoms with Crippen molar-refractivity contribution in [2.75, 3.05) is 13.1 Å². The molecule has 2 atom stereocenters. The fourth-order valence-electron chi connectivity index (χ4n) is 3.85. The van der Waals surface area contributed by atoms with Gasteiger partial charge in [0.2, 0.25) is 11.8 Å². The minimum atomic E-state index is -0.112. The quantitative estimate of drug-likeness (QED) is 0.733. The molecule has 144 valence electrons. The Hall–Kier alpha value is -2.45. The molecular formula is C19H25N5O3. The smallest absolute Gasteiger partial charge is 0.226 e. The first-order chi connectivity index (χ1) is 13.1. The molecule has 8 nitrogen and oxygen atoms in total. The molecule has 0 spiro atoms. The molecule has 0 bridgehead atoms. The summed E-state index contributed by atoms with van der Waals surface area (Å²) in [5.74, 6) is 0.0479. The second kappa shape index (κ2) is 7.66. The maximum Gasteiger partial charge on any atom is 0.226 e. The lowest BCUT2D eigenvalue weighted by atomic mass is 10.0. The standard InChI is InChI=1S/C19H25N5O3/c1-12-10-17(25)22-19(20-12)24-8-6-13(7-9-24)21-18(26)11-15-14-4-2-3-5-16(14)27-23-15/h2-5,12-13,19-20H,6-11H2,1H3,(H,21,26)(H,22,25). The fourth-order valence-corrected chi connectivity index (χ4v) is 3.85. The maximum atomic E-state index is 12.4. The van der Waals surface area contributed by atoms with E-state index in [-0.39, 0.29) is 36.6 Å². The summed E-state index contributed by atoms with van der Waals surface area (Å²) in [5.41, 5.74) is 1.37. The molecule has 3 N–H and O–H groups in total. The zero-order chi connectivity index (χ0) is 18.8. The first-order valence-corrected chi connectivity index (χ1v) is 9.50. The van der Waals surface area contributed by atoms with Gasteiger partial charge in [0, 0.05) is 37.0 Å². The van der Waals surface area contributed by atoms with E-state index < -0.39 is 0 Å². The normalized spacial score (nSPS) is 24.7. The summed E-state index contributed by atoms with van der Waals surface area (Å²) in [5, 5.41) is 14.4. The summed E-state index contributed by atoms with van der Waals surface area (Å²) in [4.78, 5) is 26.4. The van der Waals surface area contributed by atoms with E-state index >= 15 is 0 Å². The fraction of sp³-hybridized carbons (Fsp3) is 0.526. The van der Waals surface area contributed by atoms with Crippen molar-refractivity contribution in [3.8, 4) is 0 Å². The molecular weight excluding hydrogens is 346 g/mol. The van der Waals surface area contributed by atoms with Crippen LogP contribution in [0.5, 0.6) is 0 Å². The van der Waals surface area contributed by atoms with Crippen molar-refractivity contribution in [3.05, 3.63) is 30.0 Å². The molecule has 0 aliphatic carbocycles. The molecule has 2 aromatic rings. The predicted molar refractivity (Wildman–Crippen MR) is 99.6 cm³/mol. The summed E-state index contributed by atoms with van der Waals surface area (Å²) in [6.45, 7) is 3.66. The third-order valence-electron chi connectivity index (χ3n) is 5.27. The summed E-state index contributed by atoms with van der Waals surface area (Å²) in [6, 6.07) is 7.88. The van der Waals surface area contributed by atoms with E-state index in [2.05, 4.69) is 26.0 Å². The Morgan fingerprint density at radius 1 is 1.33 bits per heavy atom. The number of nitrogens with zero attached hydrogens (tertiary/aromatic N) is 2. The number of amides is 2. The van der Waals surface area contributed by atoms with Gasteiger partial charge in [0.25, 0.3) is 0 Å². The van der Waals surface area contributed by atoms with Gasteiger partial charge in [-0.3, -0.25) is 19.8 Å². The average molecular weight is 371 g/mol. The Balaban J connectivity index is 1.27. The van der Waals surface area contributed by atoms with Crippen LogP contribution in [0.15, 0.2) is 28.8 Å². The van der Waals surface area contributed by atoms with Crippen LogP contribution in [0.3, 0.4) is 0 Å². The lowest BCUT2D eigenvalue weighted by Crippen LogP contribution is -2.65. The van der Waals surface area contributed by atoms with Crippen LogP contribution in [0.4, 0.5) is 0 Å². The molecule has 2 fully saturated rings. The summed E-state index contributed by atoms with van der Waals surface area (Å²) in [6.07, 6.45) is 2.33. The lowest BCUT2D eigenvalue weighted by molar-refractivity contribution is -0.127. The number of carbonyl (C=O) groups excluding carboxylic acids is 2. The monoisotopic (exact) mass is 371 g/mol. The molecule has 2 saturated heterocycles. The highest BCUT2D eigenvalue weighted by Crippen LogP contribution is 2.19. The van der Waals surface area contributed by atoms with Gasteiger partial charge in [-0.15, -0.1) is 0 Å². The SMILES string of the molecule is CC1CC(=O)NC(N2CCC(NC(=O)Cc3noc4ccccc34)CC2)N1. The number of hydrogen-bond acceptors (Lipinski definition) is 6. The highest BCUT2D eigenvalue weighted by atomic mass is 16.5. The summed E-state index contributed by atoms with van der Waals surface area (Å²) >= 11 is 0. The molecule has 4 rings (SSSR count). The molecule has 2 aliphatic heterocycles. The van der Waals surface area contributed by atoms with Gasteiger partial charge in [-0.05, 0) is 31.9 Å². The van der Waals surface area contributed by atoms with E-state index in [1.165, 1.54) is 0 Å². The van der Waals surface area contributed by atoms with Crippen molar-refractivity contribution >= 4 is 22.8 Å². The molecule has 27 heavy (non-hydrogen) atoms. The van der Waals surface area contributed by atoms with Crippen LogP contribution in [0.2, 0.25) is 0 Å². The molecule has 2 unspecified atom stereocenters. The van der Waals surface area contributed by atoms with Crippen LogP contribution in [-0.4, -0.2) is 53.3 Å². The van der Waals surface area contributed by atoms with E-state index in [4.69, 9.17) is 4.52 Å². The predicted octanol–water partition coefficient (Wildman–Crippen LogP) is 0.733. The molecule has 0 radical (unpaired) electrons.